The van der Waals surface area contributed by atoms with E-state index in [1.807, 2.05) is 47.0 Å². The first-order valence-electron chi connectivity index (χ1n) is 11.1. The zero-order valence-corrected chi connectivity index (χ0v) is 18.2. The normalized spacial score (nSPS) is 17.3. The molecule has 0 radical (unpaired) electrons. The van der Waals surface area contributed by atoms with Crippen molar-refractivity contribution in [2.45, 2.75) is 18.9 Å². The Balaban J connectivity index is 1.48. The Labute approximate surface area is 190 Å². The van der Waals surface area contributed by atoms with Crippen LogP contribution in [-0.4, -0.2) is 52.6 Å². The van der Waals surface area contributed by atoms with Gasteiger partial charge < -0.3 is 24.8 Å². The first-order chi connectivity index (χ1) is 16.3. The molecule has 6 rings (SSSR count). The molecule has 168 valence electrons. The molecule has 2 aromatic carbocycles. The molecule has 9 nitrogen and oxygen atoms in total. The Hall–Kier alpha value is -3.85. The van der Waals surface area contributed by atoms with Gasteiger partial charge in [-0.25, -0.2) is 9.97 Å². The number of nitrogens with zero attached hydrogens (tertiary/aromatic N) is 4. The average molecular weight is 444 g/mol. The van der Waals surface area contributed by atoms with Gasteiger partial charge in [0.25, 0.3) is 0 Å². The van der Waals surface area contributed by atoms with Crippen LogP contribution in [-0.2, 0) is 0 Å². The Morgan fingerprint density at radius 2 is 2.03 bits per heavy atom. The van der Waals surface area contributed by atoms with Gasteiger partial charge in [0, 0.05) is 30.4 Å². The maximum atomic E-state index is 5.60. The quantitative estimate of drug-likeness (QED) is 0.484. The third-order valence-electron chi connectivity index (χ3n) is 5.99. The molecule has 0 spiro atoms. The van der Waals surface area contributed by atoms with Crippen molar-refractivity contribution < 1.29 is 14.2 Å². The summed E-state index contributed by atoms with van der Waals surface area (Å²) < 4.78 is 18.6. The van der Waals surface area contributed by atoms with Gasteiger partial charge in [0.15, 0.2) is 11.5 Å². The highest BCUT2D eigenvalue weighted by Crippen LogP contribution is 2.37. The molecule has 0 unspecified atom stereocenters. The highest BCUT2D eigenvalue weighted by molar-refractivity contribution is 5.84. The third-order valence-corrected chi connectivity index (χ3v) is 5.99. The van der Waals surface area contributed by atoms with Gasteiger partial charge in [0.05, 0.1) is 18.1 Å². The van der Waals surface area contributed by atoms with Crippen molar-refractivity contribution in [1.82, 2.24) is 24.8 Å². The molecular formula is C24H24N6O3. The summed E-state index contributed by atoms with van der Waals surface area (Å²) in [7, 11) is 1.66. The van der Waals surface area contributed by atoms with Crippen molar-refractivity contribution in [2.75, 3.05) is 32.3 Å². The number of anilines is 1. The van der Waals surface area contributed by atoms with Crippen LogP contribution in [0.5, 0.6) is 17.2 Å². The van der Waals surface area contributed by atoms with Crippen LogP contribution in [0.2, 0.25) is 0 Å². The topological polar surface area (TPSA) is 95.3 Å². The van der Waals surface area contributed by atoms with Gasteiger partial charge in [-0.3, -0.25) is 4.57 Å². The van der Waals surface area contributed by atoms with Gasteiger partial charge in [0.2, 0.25) is 12.7 Å². The van der Waals surface area contributed by atoms with Gasteiger partial charge in [-0.2, -0.15) is 4.98 Å². The van der Waals surface area contributed by atoms with Gasteiger partial charge in [-0.1, -0.05) is 0 Å². The van der Waals surface area contributed by atoms with E-state index < -0.39 is 0 Å². The molecule has 1 saturated heterocycles. The first kappa shape index (κ1) is 19.8. The van der Waals surface area contributed by atoms with E-state index in [0.717, 1.165) is 65.7 Å². The van der Waals surface area contributed by atoms with E-state index in [9.17, 15) is 0 Å². The molecule has 1 fully saturated rings. The Kier molecular flexibility index (Phi) is 4.95. The number of ether oxygens (including phenoxy) is 3. The maximum absolute atomic E-state index is 5.60. The standard InChI is InChI=1S/C24H24N6O3/c1-31-17-5-6-18-19(12-17)30(23(28-18)15-4-7-20-21(11-15)33-14-32-20)22-8-10-26-24(29-22)27-16-3-2-9-25-13-16/h4-8,10-12,16,25H,2-3,9,13-14H2,1H3,(H,26,27,29)/t16-/m0/s1. The lowest BCUT2D eigenvalue weighted by molar-refractivity contribution is 0.174. The Morgan fingerprint density at radius 3 is 2.91 bits per heavy atom. The molecule has 0 aliphatic carbocycles. The molecule has 33 heavy (non-hydrogen) atoms. The Bertz CT molecular complexity index is 1320. The molecule has 2 aliphatic heterocycles. The fraction of sp³-hybridized carbons (Fsp3) is 0.292. The molecule has 4 heterocycles. The summed E-state index contributed by atoms with van der Waals surface area (Å²) in [4.78, 5) is 14.2. The van der Waals surface area contributed by atoms with E-state index in [1.165, 1.54) is 0 Å². The molecule has 0 amide bonds. The van der Waals surface area contributed by atoms with Crippen molar-refractivity contribution in [3.05, 3.63) is 48.7 Å². The van der Waals surface area contributed by atoms with E-state index in [0.29, 0.717) is 17.7 Å². The monoisotopic (exact) mass is 444 g/mol. The lowest BCUT2D eigenvalue weighted by Gasteiger charge is -2.23. The Morgan fingerprint density at radius 1 is 1.09 bits per heavy atom. The molecule has 4 aromatic rings. The zero-order valence-electron chi connectivity index (χ0n) is 18.2. The SMILES string of the molecule is COc1ccc2nc(-c3ccc4c(c3)OCO4)n(-c3ccnc(N[C@H]4CCCNC4)n3)c2c1. The van der Waals surface area contributed by atoms with Crippen LogP contribution < -0.4 is 24.8 Å². The minimum absolute atomic E-state index is 0.226. The fourth-order valence-corrected chi connectivity index (χ4v) is 4.34. The molecule has 0 bridgehead atoms. The van der Waals surface area contributed by atoms with Crippen LogP contribution in [0.25, 0.3) is 28.2 Å². The molecule has 1 atom stereocenters. The van der Waals surface area contributed by atoms with Gasteiger partial charge >= 0.3 is 0 Å². The number of rotatable bonds is 5. The number of fused-ring (bicyclic) bond motifs is 2. The van der Waals surface area contributed by atoms with Crippen LogP contribution in [0.15, 0.2) is 48.7 Å². The van der Waals surface area contributed by atoms with Crippen LogP contribution in [0.1, 0.15) is 12.8 Å². The molecule has 2 N–H and O–H groups in total. The van der Waals surface area contributed by atoms with Crippen molar-refractivity contribution in [3.8, 4) is 34.5 Å². The second kappa shape index (κ2) is 8.25. The summed E-state index contributed by atoms with van der Waals surface area (Å²) in [6.45, 7) is 2.19. The van der Waals surface area contributed by atoms with E-state index in [-0.39, 0.29) is 6.79 Å². The fourth-order valence-electron chi connectivity index (χ4n) is 4.34. The summed E-state index contributed by atoms with van der Waals surface area (Å²) in [6, 6.07) is 13.9. The van der Waals surface area contributed by atoms with E-state index in [4.69, 9.17) is 24.2 Å². The zero-order chi connectivity index (χ0) is 22.2. The van der Waals surface area contributed by atoms with Crippen molar-refractivity contribution in [2.24, 2.45) is 0 Å². The lowest BCUT2D eigenvalue weighted by Crippen LogP contribution is -2.38. The van der Waals surface area contributed by atoms with Gasteiger partial charge in [0.1, 0.15) is 17.4 Å². The first-order valence-corrected chi connectivity index (χ1v) is 11.1. The minimum Gasteiger partial charge on any atom is -0.497 e. The average Bonchev–Trinajstić information content (AvgIpc) is 3.48. The van der Waals surface area contributed by atoms with Crippen molar-refractivity contribution in [3.63, 3.8) is 0 Å². The van der Waals surface area contributed by atoms with Gasteiger partial charge in [-0.15, -0.1) is 0 Å². The van der Waals surface area contributed by atoms with Crippen LogP contribution in [0.4, 0.5) is 5.95 Å². The molecule has 9 heteroatoms. The summed E-state index contributed by atoms with van der Waals surface area (Å²) in [6.07, 6.45) is 4.00. The van der Waals surface area contributed by atoms with Crippen molar-refractivity contribution in [1.29, 1.82) is 0 Å². The summed E-state index contributed by atoms with van der Waals surface area (Å²) in [5.74, 6) is 4.26. The number of hydrogen-bond acceptors (Lipinski definition) is 8. The smallest absolute Gasteiger partial charge is 0.231 e. The number of hydrogen-bond donors (Lipinski definition) is 2. The highest BCUT2D eigenvalue weighted by Gasteiger charge is 2.21. The van der Waals surface area contributed by atoms with E-state index >= 15 is 0 Å². The maximum Gasteiger partial charge on any atom is 0.231 e. The number of benzene rings is 2. The second-order valence-corrected chi connectivity index (χ2v) is 8.12. The third kappa shape index (κ3) is 3.70. The predicted octanol–water partition coefficient (Wildman–Crippen LogP) is 3.38. The molecular weight excluding hydrogens is 420 g/mol. The van der Waals surface area contributed by atoms with E-state index in [2.05, 4.69) is 15.6 Å². The number of methoxy groups -OCH3 is 1. The predicted molar refractivity (Wildman–Crippen MR) is 124 cm³/mol. The molecule has 2 aromatic heterocycles. The number of aromatic nitrogens is 4. The molecule has 0 saturated carbocycles. The largest absolute Gasteiger partial charge is 0.497 e. The van der Waals surface area contributed by atoms with Crippen LogP contribution in [0.3, 0.4) is 0 Å². The summed E-state index contributed by atoms with van der Waals surface area (Å²) >= 11 is 0. The highest BCUT2D eigenvalue weighted by atomic mass is 16.7. The van der Waals surface area contributed by atoms with Crippen LogP contribution >= 0.6 is 0 Å². The lowest BCUT2D eigenvalue weighted by atomic mass is 10.1. The molecule has 2 aliphatic rings. The summed E-state index contributed by atoms with van der Waals surface area (Å²) in [5.41, 5.74) is 2.64. The minimum atomic E-state index is 0.226. The van der Waals surface area contributed by atoms with E-state index in [1.54, 1.807) is 13.3 Å². The number of imidazole rings is 1. The second-order valence-electron chi connectivity index (χ2n) is 8.12. The van der Waals surface area contributed by atoms with Crippen molar-refractivity contribution >= 4 is 17.0 Å². The number of piperidine rings is 1. The van der Waals surface area contributed by atoms with Gasteiger partial charge in [-0.05, 0) is 55.8 Å². The summed E-state index contributed by atoms with van der Waals surface area (Å²) in [5, 5.41) is 6.88. The van der Waals surface area contributed by atoms with Crippen LogP contribution in [0, 0.1) is 0 Å². The number of nitrogens with one attached hydrogen (secondary N) is 2.